The molecule has 0 aliphatic carbocycles. The molecule has 19 heavy (non-hydrogen) atoms. The van der Waals surface area contributed by atoms with E-state index in [0.717, 1.165) is 5.56 Å². The maximum atomic E-state index is 11.9. The Balaban J connectivity index is 2.03. The minimum absolute atomic E-state index is 0.0752. The van der Waals surface area contributed by atoms with Gasteiger partial charge >= 0.3 is 0 Å². The first-order chi connectivity index (χ1) is 9.10. The van der Waals surface area contributed by atoms with Crippen LogP contribution in [0.15, 0.2) is 39.8 Å². The summed E-state index contributed by atoms with van der Waals surface area (Å²) < 4.78 is 4.93. The molecule has 1 aromatic heterocycles. The van der Waals surface area contributed by atoms with Crippen LogP contribution in [0.3, 0.4) is 0 Å². The number of aryl methyl sites for hydroxylation is 1. The van der Waals surface area contributed by atoms with Gasteiger partial charge in [0.1, 0.15) is 0 Å². The van der Waals surface area contributed by atoms with Crippen LogP contribution >= 0.6 is 11.8 Å². The van der Waals surface area contributed by atoms with Gasteiger partial charge in [-0.25, -0.2) is 0 Å². The number of aromatic nitrogens is 1. The second kappa shape index (κ2) is 5.93. The van der Waals surface area contributed by atoms with Gasteiger partial charge in [0, 0.05) is 11.0 Å². The minimum Gasteiger partial charge on any atom is -0.351 e. The second-order valence-electron chi connectivity index (χ2n) is 4.30. The monoisotopic (exact) mass is 276 g/mol. The molecule has 0 bridgehead atoms. The summed E-state index contributed by atoms with van der Waals surface area (Å²) in [5.74, 6) is -0.00729. The number of carbonyl (C=O) groups is 1. The minimum atomic E-state index is -0.248. The largest absolute Gasteiger partial charge is 0.351 e. The van der Waals surface area contributed by atoms with Crippen LogP contribution in [0.1, 0.15) is 34.8 Å². The molecule has 1 unspecified atom stereocenters. The lowest BCUT2D eigenvalue weighted by molar-refractivity contribution is 0.0902. The number of rotatable bonds is 4. The normalized spacial score (nSPS) is 12.2. The zero-order valence-corrected chi connectivity index (χ0v) is 12.0. The van der Waals surface area contributed by atoms with E-state index >= 15 is 0 Å². The van der Waals surface area contributed by atoms with Crippen LogP contribution in [0.4, 0.5) is 0 Å². The summed E-state index contributed by atoms with van der Waals surface area (Å²) in [5.41, 5.74) is 1.75. The fourth-order valence-electron chi connectivity index (χ4n) is 1.71. The Labute approximate surface area is 116 Å². The van der Waals surface area contributed by atoms with Gasteiger partial charge < -0.3 is 9.84 Å². The van der Waals surface area contributed by atoms with Gasteiger partial charge in [0.2, 0.25) is 5.76 Å². The third-order valence-corrected chi connectivity index (χ3v) is 3.56. The lowest BCUT2D eigenvalue weighted by Crippen LogP contribution is -2.26. The summed E-state index contributed by atoms with van der Waals surface area (Å²) >= 11 is 1.69. The highest BCUT2D eigenvalue weighted by Gasteiger charge is 2.15. The second-order valence-corrected chi connectivity index (χ2v) is 5.18. The summed E-state index contributed by atoms with van der Waals surface area (Å²) in [6, 6.07) is 9.67. The van der Waals surface area contributed by atoms with Gasteiger partial charge in [-0.15, -0.1) is 11.8 Å². The number of thioether (sulfide) groups is 1. The highest BCUT2D eigenvalue weighted by Crippen LogP contribution is 2.19. The van der Waals surface area contributed by atoms with Crippen LogP contribution in [0.25, 0.3) is 0 Å². The van der Waals surface area contributed by atoms with Crippen LogP contribution in [0.5, 0.6) is 0 Å². The molecule has 1 atom stereocenters. The highest BCUT2D eigenvalue weighted by atomic mass is 32.2. The van der Waals surface area contributed by atoms with Gasteiger partial charge in [0.05, 0.1) is 11.7 Å². The number of nitrogens with zero attached hydrogens (tertiary/aromatic N) is 1. The summed E-state index contributed by atoms with van der Waals surface area (Å²) in [4.78, 5) is 13.1. The van der Waals surface area contributed by atoms with Crippen LogP contribution in [0.2, 0.25) is 0 Å². The molecule has 100 valence electrons. The molecule has 0 spiro atoms. The van der Waals surface area contributed by atoms with Gasteiger partial charge in [-0.2, -0.15) is 0 Å². The van der Waals surface area contributed by atoms with Crippen LogP contribution in [0, 0.1) is 6.92 Å². The van der Waals surface area contributed by atoms with Gasteiger partial charge in [-0.3, -0.25) is 4.79 Å². The highest BCUT2D eigenvalue weighted by molar-refractivity contribution is 7.98. The summed E-state index contributed by atoms with van der Waals surface area (Å²) in [7, 11) is 0. The molecule has 1 amide bonds. The number of hydrogen-bond donors (Lipinski definition) is 1. The molecule has 1 heterocycles. The SMILES string of the molecule is CSc1ccc(C(C)NC(=O)c2cc(C)no2)cc1. The van der Waals surface area contributed by atoms with E-state index in [0.29, 0.717) is 5.69 Å². The molecular formula is C14H16N2O2S. The Morgan fingerprint density at radius 3 is 2.58 bits per heavy atom. The van der Waals surface area contributed by atoms with Crippen molar-refractivity contribution < 1.29 is 9.32 Å². The molecular weight excluding hydrogens is 260 g/mol. The molecule has 4 nitrogen and oxygen atoms in total. The number of carbonyl (C=O) groups excluding carboxylic acids is 1. The Morgan fingerprint density at radius 1 is 1.37 bits per heavy atom. The van der Waals surface area contributed by atoms with Crippen molar-refractivity contribution in [2.45, 2.75) is 24.8 Å². The number of amides is 1. The van der Waals surface area contributed by atoms with E-state index in [-0.39, 0.29) is 17.7 Å². The van der Waals surface area contributed by atoms with E-state index in [1.54, 1.807) is 24.8 Å². The summed E-state index contributed by atoms with van der Waals surface area (Å²) in [6.07, 6.45) is 2.03. The molecule has 2 aromatic rings. The van der Waals surface area contributed by atoms with Gasteiger partial charge in [-0.1, -0.05) is 17.3 Å². The summed E-state index contributed by atoms with van der Waals surface area (Å²) in [6.45, 7) is 3.72. The molecule has 1 aromatic carbocycles. The van der Waals surface area contributed by atoms with Gasteiger partial charge in [0.25, 0.3) is 5.91 Å². The molecule has 0 aliphatic rings. The first-order valence-electron chi connectivity index (χ1n) is 5.98. The standard InChI is InChI=1S/C14H16N2O2S/c1-9-8-13(18-16-9)14(17)15-10(2)11-4-6-12(19-3)7-5-11/h4-8,10H,1-3H3,(H,15,17). The molecule has 0 radical (unpaired) electrons. The topological polar surface area (TPSA) is 55.1 Å². The lowest BCUT2D eigenvalue weighted by Gasteiger charge is -2.13. The Morgan fingerprint density at radius 2 is 2.05 bits per heavy atom. The van der Waals surface area contributed by atoms with Gasteiger partial charge in [-0.05, 0) is 37.8 Å². The van der Waals surface area contributed by atoms with E-state index in [1.807, 2.05) is 37.4 Å². The smallest absolute Gasteiger partial charge is 0.290 e. The van der Waals surface area contributed by atoms with Crippen molar-refractivity contribution in [3.63, 3.8) is 0 Å². The van der Waals surface area contributed by atoms with Crippen molar-refractivity contribution in [1.29, 1.82) is 0 Å². The number of nitrogens with one attached hydrogen (secondary N) is 1. The third kappa shape index (κ3) is 3.38. The quantitative estimate of drug-likeness (QED) is 0.871. The molecule has 0 saturated carbocycles. The molecule has 5 heteroatoms. The average molecular weight is 276 g/mol. The predicted octanol–water partition coefficient (Wildman–Crippen LogP) is 3.20. The third-order valence-electron chi connectivity index (χ3n) is 2.82. The van der Waals surface area contributed by atoms with Crippen molar-refractivity contribution in [3.8, 4) is 0 Å². The molecule has 0 fully saturated rings. The predicted molar refractivity (Wildman–Crippen MR) is 75.3 cm³/mol. The van der Waals surface area contributed by atoms with E-state index in [9.17, 15) is 4.79 Å². The first kappa shape index (κ1) is 13.7. The molecule has 2 rings (SSSR count). The Bertz CT molecular complexity index is 563. The molecule has 1 N–H and O–H groups in total. The Hall–Kier alpha value is -1.75. The maximum absolute atomic E-state index is 11.9. The van der Waals surface area contributed by atoms with Crippen LogP contribution in [-0.2, 0) is 0 Å². The van der Waals surface area contributed by atoms with Crippen molar-refractivity contribution in [1.82, 2.24) is 10.5 Å². The summed E-state index contributed by atoms with van der Waals surface area (Å²) in [5, 5.41) is 6.59. The van der Waals surface area contributed by atoms with Crippen molar-refractivity contribution >= 4 is 17.7 Å². The number of benzene rings is 1. The number of hydrogen-bond acceptors (Lipinski definition) is 4. The Kier molecular flexibility index (Phi) is 4.27. The van der Waals surface area contributed by atoms with Gasteiger partial charge in [0.15, 0.2) is 0 Å². The fourth-order valence-corrected chi connectivity index (χ4v) is 2.12. The first-order valence-corrected chi connectivity index (χ1v) is 7.20. The van der Waals surface area contributed by atoms with Crippen molar-refractivity contribution in [2.75, 3.05) is 6.26 Å². The van der Waals surface area contributed by atoms with E-state index in [2.05, 4.69) is 10.5 Å². The van der Waals surface area contributed by atoms with E-state index < -0.39 is 0 Å². The lowest BCUT2D eigenvalue weighted by atomic mass is 10.1. The average Bonchev–Trinajstić information content (AvgIpc) is 2.85. The molecule has 0 saturated heterocycles. The van der Waals surface area contributed by atoms with Crippen LogP contribution < -0.4 is 5.32 Å². The zero-order chi connectivity index (χ0) is 13.8. The van der Waals surface area contributed by atoms with E-state index in [1.165, 1.54) is 4.90 Å². The maximum Gasteiger partial charge on any atom is 0.290 e. The zero-order valence-electron chi connectivity index (χ0n) is 11.1. The van der Waals surface area contributed by atoms with Crippen molar-refractivity contribution in [2.24, 2.45) is 0 Å². The fraction of sp³-hybridized carbons (Fsp3) is 0.286. The molecule has 0 aliphatic heterocycles. The van der Waals surface area contributed by atoms with E-state index in [4.69, 9.17) is 4.52 Å². The van der Waals surface area contributed by atoms with Crippen molar-refractivity contribution in [3.05, 3.63) is 47.3 Å². The van der Waals surface area contributed by atoms with Crippen LogP contribution in [-0.4, -0.2) is 17.3 Å².